The number of para-hydroxylation sites is 1. The van der Waals surface area contributed by atoms with Crippen LogP contribution in [0.1, 0.15) is 40.8 Å². The van der Waals surface area contributed by atoms with Gasteiger partial charge in [-0.05, 0) is 35.9 Å². The van der Waals surface area contributed by atoms with Crippen LogP contribution in [0.15, 0.2) is 78.3 Å². The van der Waals surface area contributed by atoms with Crippen molar-refractivity contribution in [3.05, 3.63) is 94.3 Å². The van der Waals surface area contributed by atoms with Gasteiger partial charge in [0.05, 0.1) is 12.5 Å². The predicted octanol–water partition coefficient (Wildman–Crippen LogP) is 3.94. The van der Waals surface area contributed by atoms with Crippen LogP contribution in [-0.4, -0.2) is 23.5 Å². The number of carbonyl (C=O) groups is 1. The lowest BCUT2D eigenvalue weighted by molar-refractivity contribution is -0.684. The molecule has 4 nitrogen and oxygen atoms in total. The van der Waals surface area contributed by atoms with Gasteiger partial charge in [0, 0.05) is 33.6 Å². The predicted molar refractivity (Wildman–Crippen MR) is 122 cm³/mol. The maximum atomic E-state index is 13.0. The Balaban J connectivity index is 1.44. The van der Waals surface area contributed by atoms with Gasteiger partial charge in [0.1, 0.15) is 0 Å². The zero-order chi connectivity index (χ0) is 20.3. The Bertz CT molecular complexity index is 1120. The number of nitrogens with two attached hydrogens (primary N) is 1. The van der Waals surface area contributed by atoms with E-state index in [2.05, 4.69) is 75.7 Å². The van der Waals surface area contributed by atoms with Crippen molar-refractivity contribution in [2.45, 2.75) is 30.8 Å². The normalized spacial score (nSPS) is 15.7. The van der Waals surface area contributed by atoms with Crippen LogP contribution < -0.4 is 10.6 Å². The van der Waals surface area contributed by atoms with Gasteiger partial charge in [-0.25, -0.2) is 0 Å². The zero-order valence-electron chi connectivity index (χ0n) is 16.8. The third kappa shape index (κ3) is 4.04. The van der Waals surface area contributed by atoms with Crippen LogP contribution in [0.2, 0.25) is 0 Å². The number of fused-ring (bicyclic) bond motifs is 1. The topological polar surface area (TPSA) is 61.5 Å². The maximum Gasteiger partial charge on any atom is 0.283 e. The standard InChI is InChI=1S/C25H25N3OS/c29-25(28-18-12-13-18)24(17-7-2-1-3-8-17)27-16-21(23-11-6-14-30-23)20-15-26-22-10-5-4-9-19(20)22/h1-11,14-15,18,21,24,26-27H,12-13,16H2,(H,28,29)/p+1/t21-,24-/m0/s1. The van der Waals surface area contributed by atoms with Gasteiger partial charge in [-0.2, -0.15) is 0 Å². The van der Waals surface area contributed by atoms with Gasteiger partial charge in [-0.15, -0.1) is 11.3 Å². The molecule has 1 amide bonds. The average molecular weight is 417 g/mol. The number of rotatable bonds is 8. The zero-order valence-corrected chi connectivity index (χ0v) is 17.6. The minimum atomic E-state index is -0.237. The number of amides is 1. The summed E-state index contributed by atoms with van der Waals surface area (Å²) in [4.78, 5) is 17.8. The van der Waals surface area contributed by atoms with Gasteiger partial charge in [-0.1, -0.05) is 54.6 Å². The lowest BCUT2D eigenvalue weighted by Crippen LogP contribution is -2.88. The molecule has 1 aliphatic rings. The number of thiophene rings is 1. The van der Waals surface area contributed by atoms with E-state index in [1.54, 1.807) is 11.3 Å². The van der Waals surface area contributed by atoms with Gasteiger partial charge in [0.25, 0.3) is 5.91 Å². The van der Waals surface area contributed by atoms with E-state index >= 15 is 0 Å². The first-order valence-electron chi connectivity index (χ1n) is 10.6. The van der Waals surface area contributed by atoms with E-state index in [0.717, 1.165) is 30.5 Å². The van der Waals surface area contributed by atoms with Crippen molar-refractivity contribution < 1.29 is 10.1 Å². The summed E-state index contributed by atoms with van der Waals surface area (Å²) >= 11 is 1.78. The quantitative estimate of drug-likeness (QED) is 0.400. The lowest BCUT2D eigenvalue weighted by atomic mass is 9.95. The summed E-state index contributed by atoms with van der Waals surface area (Å²) in [6.07, 6.45) is 4.32. The maximum absolute atomic E-state index is 13.0. The monoisotopic (exact) mass is 416 g/mol. The molecule has 4 N–H and O–H groups in total. The van der Waals surface area contributed by atoms with Crippen molar-refractivity contribution in [2.24, 2.45) is 0 Å². The average Bonchev–Trinajstić information content (AvgIpc) is 3.26. The van der Waals surface area contributed by atoms with Crippen LogP contribution in [0.5, 0.6) is 0 Å². The summed E-state index contributed by atoms with van der Waals surface area (Å²) in [7, 11) is 0. The Labute approximate surface area is 180 Å². The van der Waals surface area contributed by atoms with Crippen molar-refractivity contribution in [3.8, 4) is 0 Å². The molecular formula is C25H26N3OS+. The lowest BCUT2D eigenvalue weighted by Gasteiger charge is -2.20. The Hall–Kier alpha value is -2.89. The number of carbonyl (C=O) groups excluding carboxylic acids is 1. The Morgan fingerprint density at radius 2 is 1.87 bits per heavy atom. The second kappa shape index (κ2) is 8.46. The summed E-state index contributed by atoms with van der Waals surface area (Å²) in [5.74, 6) is 0.341. The van der Waals surface area contributed by atoms with Crippen LogP contribution >= 0.6 is 11.3 Å². The van der Waals surface area contributed by atoms with Crippen molar-refractivity contribution in [1.29, 1.82) is 0 Å². The molecule has 1 saturated carbocycles. The Kier molecular flexibility index (Phi) is 5.39. The first-order valence-corrected chi connectivity index (χ1v) is 11.5. The molecule has 0 unspecified atom stereocenters. The van der Waals surface area contributed by atoms with Gasteiger partial charge in [0.15, 0.2) is 6.04 Å². The molecule has 2 aromatic heterocycles. The van der Waals surface area contributed by atoms with Crippen molar-refractivity contribution in [3.63, 3.8) is 0 Å². The summed E-state index contributed by atoms with van der Waals surface area (Å²) in [5.41, 5.74) is 3.50. The molecule has 30 heavy (non-hydrogen) atoms. The molecule has 0 bridgehead atoms. The molecule has 0 radical (unpaired) electrons. The summed E-state index contributed by atoms with van der Waals surface area (Å²) in [5, 5.41) is 8.79. The fourth-order valence-corrected chi connectivity index (χ4v) is 4.97. The minimum absolute atomic E-state index is 0.118. The van der Waals surface area contributed by atoms with Crippen LogP contribution in [0.25, 0.3) is 10.9 Å². The van der Waals surface area contributed by atoms with Crippen LogP contribution in [0, 0.1) is 0 Å². The van der Waals surface area contributed by atoms with E-state index in [1.165, 1.54) is 15.8 Å². The first kappa shape index (κ1) is 19.1. The smallest absolute Gasteiger partial charge is 0.283 e. The van der Waals surface area contributed by atoms with E-state index in [1.807, 2.05) is 18.2 Å². The SMILES string of the molecule is O=C(NC1CC1)[C@@H]([NH2+]C[C@H](c1cccs1)c1c[nH]c2ccccc12)c1ccccc1. The molecule has 2 atom stereocenters. The second-order valence-electron chi connectivity index (χ2n) is 8.00. The molecule has 1 fully saturated rings. The van der Waals surface area contributed by atoms with Crippen molar-refractivity contribution >= 4 is 28.1 Å². The summed E-state index contributed by atoms with van der Waals surface area (Å²) < 4.78 is 0. The van der Waals surface area contributed by atoms with E-state index in [0.29, 0.717) is 6.04 Å². The molecule has 0 aliphatic heterocycles. The molecule has 0 spiro atoms. The van der Waals surface area contributed by atoms with E-state index in [4.69, 9.17) is 0 Å². The van der Waals surface area contributed by atoms with Crippen LogP contribution in [-0.2, 0) is 4.79 Å². The molecule has 2 heterocycles. The first-order chi connectivity index (χ1) is 14.8. The molecule has 152 valence electrons. The van der Waals surface area contributed by atoms with Gasteiger partial charge in [-0.3, -0.25) is 4.79 Å². The number of aromatic nitrogens is 1. The number of nitrogens with one attached hydrogen (secondary N) is 2. The molecule has 2 aromatic carbocycles. The molecule has 5 rings (SSSR count). The van der Waals surface area contributed by atoms with Crippen molar-refractivity contribution in [2.75, 3.05) is 6.54 Å². The Morgan fingerprint density at radius 3 is 2.63 bits per heavy atom. The minimum Gasteiger partial charge on any atom is -0.361 e. The summed E-state index contributed by atoms with van der Waals surface area (Å²) in [6, 6.07) is 23.0. The highest BCUT2D eigenvalue weighted by Gasteiger charge is 2.32. The highest BCUT2D eigenvalue weighted by atomic mass is 32.1. The molecule has 1 aliphatic carbocycles. The third-order valence-electron chi connectivity index (χ3n) is 5.86. The van der Waals surface area contributed by atoms with Gasteiger partial charge >= 0.3 is 0 Å². The van der Waals surface area contributed by atoms with Crippen molar-refractivity contribution in [1.82, 2.24) is 10.3 Å². The fourth-order valence-electron chi connectivity index (χ4n) is 4.11. The van der Waals surface area contributed by atoms with E-state index < -0.39 is 0 Å². The van der Waals surface area contributed by atoms with E-state index in [9.17, 15) is 4.79 Å². The number of hydrogen-bond acceptors (Lipinski definition) is 2. The highest BCUT2D eigenvalue weighted by Crippen LogP contribution is 2.32. The van der Waals surface area contributed by atoms with Crippen LogP contribution in [0.3, 0.4) is 0 Å². The van der Waals surface area contributed by atoms with Gasteiger partial charge in [0.2, 0.25) is 0 Å². The van der Waals surface area contributed by atoms with E-state index in [-0.39, 0.29) is 17.9 Å². The number of H-pyrrole nitrogens is 1. The van der Waals surface area contributed by atoms with Crippen LogP contribution in [0.4, 0.5) is 0 Å². The third-order valence-corrected chi connectivity index (χ3v) is 6.84. The number of quaternary nitrogens is 1. The molecule has 0 saturated heterocycles. The van der Waals surface area contributed by atoms with Gasteiger partial charge < -0.3 is 15.6 Å². The summed E-state index contributed by atoms with van der Waals surface area (Å²) in [6.45, 7) is 0.806. The number of aromatic amines is 1. The number of hydrogen-bond donors (Lipinski definition) is 3. The number of benzene rings is 2. The molecular weight excluding hydrogens is 390 g/mol. The molecule has 5 heteroatoms. The molecule has 4 aromatic rings. The second-order valence-corrected chi connectivity index (χ2v) is 8.98. The largest absolute Gasteiger partial charge is 0.361 e. The Morgan fingerprint density at radius 1 is 1.07 bits per heavy atom. The fraction of sp³-hybridized carbons (Fsp3) is 0.240. The highest BCUT2D eigenvalue weighted by molar-refractivity contribution is 7.10.